The average Bonchev–Trinajstić information content (AvgIpc) is 3.37. The summed E-state index contributed by atoms with van der Waals surface area (Å²) >= 11 is 6.16. The molecule has 1 aromatic carbocycles. The van der Waals surface area contributed by atoms with Crippen LogP contribution in [-0.2, 0) is 6.54 Å². The first-order valence-electron chi connectivity index (χ1n) is 7.37. The van der Waals surface area contributed by atoms with Crippen molar-refractivity contribution in [2.75, 3.05) is 0 Å². The van der Waals surface area contributed by atoms with Crippen molar-refractivity contribution in [2.24, 2.45) is 0 Å². The first-order chi connectivity index (χ1) is 9.79. The second kappa shape index (κ2) is 4.90. The van der Waals surface area contributed by atoms with Gasteiger partial charge in [-0.2, -0.15) is 5.10 Å². The highest BCUT2D eigenvalue weighted by Gasteiger charge is 2.26. The van der Waals surface area contributed by atoms with E-state index in [1.54, 1.807) is 0 Å². The van der Waals surface area contributed by atoms with E-state index in [9.17, 15) is 0 Å². The van der Waals surface area contributed by atoms with E-state index in [-0.39, 0.29) is 0 Å². The van der Waals surface area contributed by atoms with Crippen molar-refractivity contribution in [3.63, 3.8) is 0 Å². The van der Waals surface area contributed by atoms with Crippen molar-refractivity contribution in [3.8, 4) is 5.69 Å². The Bertz CT molecular complexity index is 626. The highest BCUT2D eigenvalue weighted by Crippen LogP contribution is 2.39. The smallest absolute Gasteiger partial charge is 0.0705 e. The Balaban J connectivity index is 1.63. The molecule has 0 unspecified atom stereocenters. The molecule has 2 aliphatic rings. The molecule has 3 nitrogen and oxygen atoms in total. The molecule has 2 saturated carbocycles. The van der Waals surface area contributed by atoms with Crippen molar-refractivity contribution in [1.29, 1.82) is 0 Å². The Morgan fingerprint density at radius 1 is 1.20 bits per heavy atom. The number of nitrogens with zero attached hydrogens (tertiary/aromatic N) is 2. The Kier molecular flexibility index (Phi) is 3.04. The predicted molar refractivity (Wildman–Crippen MR) is 80.4 cm³/mol. The van der Waals surface area contributed by atoms with E-state index in [1.807, 2.05) is 16.8 Å². The van der Waals surface area contributed by atoms with Crippen LogP contribution in [0.4, 0.5) is 0 Å². The van der Waals surface area contributed by atoms with Gasteiger partial charge < -0.3 is 5.32 Å². The van der Waals surface area contributed by atoms with Gasteiger partial charge in [0, 0.05) is 29.7 Å². The lowest BCUT2D eigenvalue weighted by Crippen LogP contribution is -2.17. The fourth-order valence-corrected chi connectivity index (χ4v) is 2.68. The molecule has 0 aliphatic heterocycles. The van der Waals surface area contributed by atoms with E-state index in [1.165, 1.54) is 36.9 Å². The first-order valence-corrected chi connectivity index (χ1v) is 7.75. The summed E-state index contributed by atoms with van der Waals surface area (Å²) in [4.78, 5) is 0. The topological polar surface area (TPSA) is 29.9 Å². The van der Waals surface area contributed by atoms with Gasteiger partial charge in [-0.05, 0) is 49.4 Å². The van der Waals surface area contributed by atoms with Gasteiger partial charge in [0.2, 0.25) is 0 Å². The molecule has 4 heteroatoms. The minimum atomic E-state index is 0.684. The number of halogens is 1. The zero-order valence-electron chi connectivity index (χ0n) is 11.3. The third kappa shape index (κ3) is 2.60. The second-order valence-corrected chi connectivity index (χ2v) is 6.32. The molecule has 0 amide bonds. The van der Waals surface area contributed by atoms with Crippen molar-refractivity contribution in [1.82, 2.24) is 15.1 Å². The molecule has 0 radical (unpaired) electrons. The molecule has 2 aromatic rings. The number of rotatable bonds is 5. The fourth-order valence-electron chi connectivity index (χ4n) is 2.51. The van der Waals surface area contributed by atoms with Crippen LogP contribution < -0.4 is 5.32 Å². The summed E-state index contributed by atoms with van der Waals surface area (Å²) in [6, 6.07) is 8.91. The summed E-state index contributed by atoms with van der Waals surface area (Å²) < 4.78 is 1.98. The van der Waals surface area contributed by atoms with Gasteiger partial charge in [-0.1, -0.05) is 17.7 Å². The number of hydrogen-bond donors (Lipinski definition) is 1. The van der Waals surface area contributed by atoms with E-state index >= 15 is 0 Å². The van der Waals surface area contributed by atoms with Gasteiger partial charge in [-0.3, -0.25) is 0 Å². The number of aromatic nitrogens is 2. The Morgan fingerprint density at radius 3 is 2.80 bits per heavy atom. The maximum absolute atomic E-state index is 6.16. The molecule has 20 heavy (non-hydrogen) atoms. The predicted octanol–water partition coefficient (Wildman–Crippen LogP) is 3.66. The van der Waals surface area contributed by atoms with Gasteiger partial charge >= 0.3 is 0 Å². The van der Waals surface area contributed by atoms with Gasteiger partial charge in [0.1, 0.15) is 0 Å². The summed E-state index contributed by atoms with van der Waals surface area (Å²) in [5.74, 6) is 0.684. The molecule has 0 bridgehead atoms. The summed E-state index contributed by atoms with van der Waals surface area (Å²) in [7, 11) is 0. The number of nitrogens with one attached hydrogen (secondary N) is 1. The molecule has 0 saturated heterocycles. The standard InChI is InChI=1S/C16H18ClN3/c17-13-4-3-12(10-18-14-5-6-14)16(9-13)20-8-7-15(19-20)11-1-2-11/h3-4,7-9,11,14,18H,1-2,5-6,10H2. The quantitative estimate of drug-likeness (QED) is 0.909. The van der Waals surface area contributed by atoms with Gasteiger partial charge in [0.05, 0.1) is 11.4 Å². The van der Waals surface area contributed by atoms with Crippen LogP contribution in [0.15, 0.2) is 30.5 Å². The van der Waals surface area contributed by atoms with Crippen molar-refractivity contribution in [2.45, 2.75) is 44.2 Å². The number of benzene rings is 1. The van der Waals surface area contributed by atoms with Crippen molar-refractivity contribution in [3.05, 3.63) is 46.7 Å². The van der Waals surface area contributed by atoms with E-state index < -0.39 is 0 Å². The van der Waals surface area contributed by atoms with Crippen LogP contribution in [0.25, 0.3) is 5.69 Å². The van der Waals surface area contributed by atoms with Gasteiger partial charge in [0.25, 0.3) is 0 Å². The van der Waals surface area contributed by atoms with Crippen LogP contribution in [-0.4, -0.2) is 15.8 Å². The Hall–Kier alpha value is -1.32. The Morgan fingerprint density at radius 2 is 2.05 bits per heavy atom. The molecule has 104 valence electrons. The molecule has 2 aliphatic carbocycles. The highest BCUT2D eigenvalue weighted by atomic mass is 35.5. The normalized spacial score (nSPS) is 18.4. The molecule has 1 heterocycles. The SMILES string of the molecule is Clc1ccc(CNC2CC2)c(-n2ccc(C3CC3)n2)c1. The summed E-state index contributed by atoms with van der Waals surface area (Å²) in [5, 5.41) is 9.04. The maximum Gasteiger partial charge on any atom is 0.0705 e. The lowest BCUT2D eigenvalue weighted by molar-refractivity contribution is 0.680. The van der Waals surface area contributed by atoms with Crippen molar-refractivity contribution >= 4 is 11.6 Å². The van der Waals surface area contributed by atoms with Gasteiger partial charge in [0.15, 0.2) is 0 Å². The minimum absolute atomic E-state index is 0.684. The largest absolute Gasteiger partial charge is 0.310 e. The minimum Gasteiger partial charge on any atom is -0.310 e. The zero-order chi connectivity index (χ0) is 13.5. The fraction of sp³-hybridized carbons (Fsp3) is 0.438. The summed E-state index contributed by atoms with van der Waals surface area (Å²) in [6.07, 6.45) is 7.22. The second-order valence-electron chi connectivity index (χ2n) is 5.89. The average molecular weight is 288 g/mol. The molecule has 1 N–H and O–H groups in total. The maximum atomic E-state index is 6.16. The number of hydrogen-bond acceptors (Lipinski definition) is 2. The van der Waals surface area contributed by atoms with Gasteiger partial charge in [-0.25, -0.2) is 4.68 Å². The first kappa shape index (κ1) is 12.4. The summed E-state index contributed by atoms with van der Waals surface area (Å²) in [5.41, 5.74) is 3.57. The van der Waals surface area contributed by atoms with E-state index in [0.29, 0.717) is 12.0 Å². The molecular weight excluding hydrogens is 270 g/mol. The van der Waals surface area contributed by atoms with Gasteiger partial charge in [-0.15, -0.1) is 0 Å². The van der Waals surface area contributed by atoms with E-state index in [4.69, 9.17) is 16.7 Å². The van der Waals surface area contributed by atoms with Crippen LogP contribution in [0.1, 0.15) is 42.9 Å². The van der Waals surface area contributed by atoms with Crippen LogP contribution in [0, 0.1) is 0 Å². The van der Waals surface area contributed by atoms with E-state index in [0.717, 1.165) is 17.3 Å². The lowest BCUT2D eigenvalue weighted by Gasteiger charge is -2.11. The third-order valence-corrected chi connectivity index (χ3v) is 4.29. The van der Waals surface area contributed by atoms with E-state index in [2.05, 4.69) is 23.6 Å². The van der Waals surface area contributed by atoms with Crippen LogP contribution in [0.2, 0.25) is 5.02 Å². The highest BCUT2D eigenvalue weighted by molar-refractivity contribution is 6.30. The molecule has 2 fully saturated rings. The summed E-state index contributed by atoms with van der Waals surface area (Å²) in [6.45, 7) is 0.885. The van der Waals surface area contributed by atoms with Crippen LogP contribution in [0.3, 0.4) is 0 Å². The molecule has 4 rings (SSSR count). The molecule has 0 spiro atoms. The van der Waals surface area contributed by atoms with Crippen LogP contribution in [0.5, 0.6) is 0 Å². The third-order valence-electron chi connectivity index (χ3n) is 4.06. The monoisotopic (exact) mass is 287 g/mol. The lowest BCUT2D eigenvalue weighted by atomic mass is 10.1. The van der Waals surface area contributed by atoms with Crippen molar-refractivity contribution < 1.29 is 0 Å². The molecule has 0 atom stereocenters. The zero-order valence-corrected chi connectivity index (χ0v) is 12.1. The molecular formula is C16H18ClN3. The molecule has 1 aromatic heterocycles. The van der Waals surface area contributed by atoms with Crippen LogP contribution >= 0.6 is 11.6 Å². The Labute approximate surface area is 123 Å².